The van der Waals surface area contributed by atoms with Gasteiger partial charge in [-0.25, -0.2) is 13.1 Å². The first kappa shape index (κ1) is 16.5. The second-order valence-electron chi connectivity index (χ2n) is 4.38. The molecular formula is C12H17ClN2O2S3. The maximum absolute atomic E-state index is 12.2. The lowest BCUT2D eigenvalue weighted by atomic mass is 10.2. The molecule has 2 rings (SSSR count). The average Bonchev–Trinajstić information content (AvgIpc) is 2.46. The first-order chi connectivity index (χ1) is 9.53. The summed E-state index contributed by atoms with van der Waals surface area (Å²) in [5, 5.41) is 0.722. The first-order valence-corrected chi connectivity index (χ1v) is 10.3. The highest BCUT2D eigenvalue weighted by molar-refractivity contribution is 8.06. The van der Waals surface area contributed by atoms with E-state index < -0.39 is 10.0 Å². The smallest absolute Gasteiger partial charge is 0.240 e. The third-order valence-corrected chi connectivity index (χ3v) is 7.56. The van der Waals surface area contributed by atoms with E-state index in [9.17, 15) is 8.42 Å². The number of thioether (sulfide) groups is 2. The summed E-state index contributed by atoms with van der Waals surface area (Å²) in [6, 6.07) is 4.65. The van der Waals surface area contributed by atoms with Gasteiger partial charge < -0.3 is 5.73 Å². The molecule has 4 nitrogen and oxygen atoms in total. The van der Waals surface area contributed by atoms with Gasteiger partial charge in [0, 0.05) is 40.6 Å². The normalized spacial score (nSPS) is 20.0. The van der Waals surface area contributed by atoms with Gasteiger partial charge in [0.15, 0.2) is 0 Å². The van der Waals surface area contributed by atoms with Gasteiger partial charge in [-0.05, 0) is 17.7 Å². The maximum atomic E-state index is 12.2. The van der Waals surface area contributed by atoms with Crippen LogP contribution in [0.5, 0.6) is 0 Å². The highest BCUT2D eigenvalue weighted by Gasteiger charge is 2.20. The van der Waals surface area contributed by atoms with Crippen molar-refractivity contribution in [2.45, 2.75) is 16.7 Å². The van der Waals surface area contributed by atoms with Crippen molar-refractivity contribution < 1.29 is 8.42 Å². The molecule has 0 aliphatic carbocycles. The van der Waals surface area contributed by atoms with Crippen molar-refractivity contribution in [3.63, 3.8) is 0 Å². The van der Waals surface area contributed by atoms with E-state index in [1.54, 1.807) is 12.1 Å². The number of halogens is 1. The Morgan fingerprint density at radius 2 is 2.20 bits per heavy atom. The molecule has 112 valence electrons. The van der Waals surface area contributed by atoms with E-state index in [1.165, 1.54) is 6.07 Å². The lowest BCUT2D eigenvalue weighted by Crippen LogP contribution is -2.33. The molecule has 8 heteroatoms. The van der Waals surface area contributed by atoms with Crippen LogP contribution in [0.25, 0.3) is 0 Å². The molecule has 1 aromatic rings. The molecule has 1 unspecified atom stereocenters. The summed E-state index contributed by atoms with van der Waals surface area (Å²) in [6.07, 6.45) is 0. The van der Waals surface area contributed by atoms with Crippen molar-refractivity contribution >= 4 is 45.1 Å². The molecule has 3 N–H and O–H groups in total. The summed E-state index contributed by atoms with van der Waals surface area (Å²) in [6.45, 7) is 0.749. The van der Waals surface area contributed by atoms with Crippen LogP contribution in [-0.4, -0.2) is 37.5 Å². The second kappa shape index (κ2) is 7.38. The predicted octanol–water partition coefficient (Wildman–Crippen LogP) is 1.93. The Bertz CT molecular complexity index is 560. The summed E-state index contributed by atoms with van der Waals surface area (Å²) in [7, 11) is -3.50. The van der Waals surface area contributed by atoms with Crippen molar-refractivity contribution in [1.29, 1.82) is 0 Å². The van der Waals surface area contributed by atoms with Gasteiger partial charge >= 0.3 is 0 Å². The number of rotatable bonds is 5. The molecule has 1 aliphatic rings. The van der Waals surface area contributed by atoms with Crippen LogP contribution < -0.4 is 10.5 Å². The minimum atomic E-state index is -3.50. The van der Waals surface area contributed by atoms with E-state index in [-0.39, 0.29) is 4.90 Å². The molecule has 20 heavy (non-hydrogen) atoms. The minimum Gasteiger partial charge on any atom is -0.326 e. The largest absolute Gasteiger partial charge is 0.326 e. The van der Waals surface area contributed by atoms with Gasteiger partial charge in [-0.15, -0.1) is 0 Å². The van der Waals surface area contributed by atoms with E-state index in [0.29, 0.717) is 23.4 Å². The molecule has 1 saturated heterocycles. The van der Waals surface area contributed by atoms with E-state index in [0.717, 1.165) is 22.8 Å². The molecule has 1 aromatic carbocycles. The predicted molar refractivity (Wildman–Crippen MR) is 88.1 cm³/mol. The number of sulfonamides is 1. The van der Waals surface area contributed by atoms with E-state index >= 15 is 0 Å². The fourth-order valence-electron chi connectivity index (χ4n) is 1.80. The number of hydrogen-bond donors (Lipinski definition) is 2. The second-order valence-corrected chi connectivity index (χ2v) is 9.11. The minimum absolute atomic E-state index is 0.188. The van der Waals surface area contributed by atoms with Crippen molar-refractivity contribution in [2.75, 3.05) is 23.8 Å². The fourth-order valence-corrected chi connectivity index (χ4v) is 5.95. The Kier molecular flexibility index (Phi) is 6.07. The first-order valence-electron chi connectivity index (χ1n) is 6.20. The maximum Gasteiger partial charge on any atom is 0.240 e. The Hall–Kier alpha value is 0.0800. The zero-order valence-corrected chi connectivity index (χ0v) is 14.0. The summed E-state index contributed by atoms with van der Waals surface area (Å²) >= 11 is 9.69. The van der Waals surface area contributed by atoms with Gasteiger partial charge in [-0.2, -0.15) is 23.5 Å². The molecule has 0 radical (unpaired) electrons. The van der Waals surface area contributed by atoms with E-state index in [1.807, 2.05) is 23.5 Å². The van der Waals surface area contributed by atoms with Crippen molar-refractivity contribution in [2.24, 2.45) is 5.73 Å². The monoisotopic (exact) mass is 352 g/mol. The summed E-state index contributed by atoms with van der Waals surface area (Å²) < 4.78 is 27.1. The molecule has 0 amide bonds. The summed E-state index contributed by atoms with van der Waals surface area (Å²) in [5.41, 5.74) is 6.25. The topological polar surface area (TPSA) is 72.2 Å². The van der Waals surface area contributed by atoms with Crippen LogP contribution in [0.3, 0.4) is 0 Å². The van der Waals surface area contributed by atoms with Gasteiger partial charge in [-0.3, -0.25) is 0 Å². The number of hydrogen-bond acceptors (Lipinski definition) is 5. The van der Waals surface area contributed by atoms with Crippen LogP contribution in [0.1, 0.15) is 5.56 Å². The van der Waals surface area contributed by atoms with E-state index in [4.69, 9.17) is 17.3 Å². The van der Waals surface area contributed by atoms with Gasteiger partial charge in [0.05, 0.1) is 4.90 Å². The van der Waals surface area contributed by atoms with Crippen LogP contribution in [0.2, 0.25) is 5.02 Å². The third kappa shape index (κ3) is 4.29. The summed E-state index contributed by atoms with van der Waals surface area (Å²) in [4.78, 5) is 0.188. The molecule has 1 fully saturated rings. The quantitative estimate of drug-likeness (QED) is 0.847. The van der Waals surface area contributed by atoms with Gasteiger partial charge in [0.1, 0.15) is 0 Å². The molecule has 1 aliphatic heterocycles. The Morgan fingerprint density at radius 1 is 1.40 bits per heavy atom. The van der Waals surface area contributed by atoms with Crippen molar-refractivity contribution in [1.82, 2.24) is 4.72 Å². The SMILES string of the molecule is NCc1ccc(S(=O)(=O)NCC2CSCCS2)cc1Cl. The van der Waals surface area contributed by atoms with Gasteiger partial charge in [0.25, 0.3) is 0 Å². The van der Waals surface area contributed by atoms with Crippen LogP contribution in [0.15, 0.2) is 23.1 Å². The van der Waals surface area contributed by atoms with Crippen LogP contribution in [0.4, 0.5) is 0 Å². The average molecular weight is 353 g/mol. The zero-order valence-electron chi connectivity index (χ0n) is 10.8. The van der Waals surface area contributed by atoms with Crippen LogP contribution in [-0.2, 0) is 16.6 Å². The Labute approximate surface area is 133 Å². The van der Waals surface area contributed by atoms with Gasteiger partial charge in [-0.1, -0.05) is 17.7 Å². The number of benzene rings is 1. The molecule has 1 heterocycles. The summed E-state index contributed by atoms with van der Waals surface area (Å²) in [5.74, 6) is 3.21. The molecule has 1 atom stereocenters. The highest BCUT2D eigenvalue weighted by atomic mass is 35.5. The molecule has 0 bridgehead atoms. The van der Waals surface area contributed by atoms with Crippen LogP contribution in [0, 0.1) is 0 Å². The molecular weight excluding hydrogens is 336 g/mol. The number of nitrogens with one attached hydrogen (secondary N) is 1. The standard InChI is InChI=1S/C12H17ClN2O2S3/c13-12-5-11(2-1-9(12)6-14)20(16,17)15-7-10-8-18-3-4-19-10/h1-2,5,10,15H,3-4,6-8,14H2. The Morgan fingerprint density at radius 3 is 2.80 bits per heavy atom. The van der Waals surface area contributed by atoms with Crippen molar-refractivity contribution in [3.05, 3.63) is 28.8 Å². The lowest BCUT2D eigenvalue weighted by molar-refractivity contribution is 0.581. The van der Waals surface area contributed by atoms with E-state index in [2.05, 4.69) is 4.72 Å². The van der Waals surface area contributed by atoms with Crippen molar-refractivity contribution in [3.8, 4) is 0 Å². The van der Waals surface area contributed by atoms with Gasteiger partial charge in [0.2, 0.25) is 10.0 Å². The lowest BCUT2D eigenvalue weighted by Gasteiger charge is -2.21. The zero-order chi connectivity index (χ0) is 14.6. The Balaban J connectivity index is 2.04. The highest BCUT2D eigenvalue weighted by Crippen LogP contribution is 2.24. The molecule has 0 saturated carbocycles. The third-order valence-electron chi connectivity index (χ3n) is 2.94. The molecule has 0 spiro atoms. The molecule has 0 aromatic heterocycles. The fraction of sp³-hybridized carbons (Fsp3) is 0.500. The number of nitrogens with two attached hydrogens (primary N) is 1. The van der Waals surface area contributed by atoms with Crippen LogP contribution >= 0.6 is 35.1 Å².